The van der Waals surface area contributed by atoms with E-state index in [-0.39, 0.29) is 17.7 Å². The smallest absolute Gasteiger partial charge is 0.255 e. The normalized spacial score (nSPS) is 14.3. The molecule has 1 saturated heterocycles. The van der Waals surface area contributed by atoms with Gasteiger partial charge in [-0.2, -0.15) is 5.26 Å². The number of carbonyl (C=O) groups is 2. The van der Waals surface area contributed by atoms with Crippen LogP contribution in [0.1, 0.15) is 59.7 Å². The number of methoxy groups -OCH3 is 1. The highest BCUT2D eigenvalue weighted by atomic mass is 16.5. The number of nitrogens with zero attached hydrogens (tertiary/aromatic N) is 4. The third-order valence-corrected chi connectivity index (χ3v) is 6.84. The summed E-state index contributed by atoms with van der Waals surface area (Å²) in [6, 6.07) is 6.84. The van der Waals surface area contributed by atoms with E-state index in [2.05, 4.69) is 22.6 Å². The van der Waals surface area contributed by atoms with Crippen molar-refractivity contribution in [2.75, 3.05) is 25.5 Å². The van der Waals surface area contributed by atoms with Crippen molar-refractivity contribution in [1.82, 2.24) is 14.5 Å². The van der Waals surface area contributed by atoms with E-state index in [1.54, 1.807) is 18.3 Å². The molecule has 8 nitrogen and oxygen atoms in total. The molecule has 0 bridgehead atoms. The second-order valence-electron chi connectivity index (χ2n) is 9.43. The molecule has 1 aromatic carbocycles. The summed E-state index contributed by atoms with van der Waals surface area (Å²) in [7, 11) is 3.47. The fourth-order valence-corrected chi connectivity index (χ4v) is 4.88. The number of fused-ring (bicyclic) bond motifs is 1. The minimum absolute atomic E-state index is 0.0108. The lowest BCUT2D eigenvalue weighted by molar-refractivity contribution is -0.135. The summed E-state index contributed by atoms with van der Waals surface area (Å²) in [6.07, 6.45) is 5.61. The third kappa shape index (κ3) is 4.59. The first-order valence-corrected chi connectivity index (χ1v) is 11.9. The maximum absolute atomic E-state index is 13.0. The molecule has 3 aromatic rings. The van der Waals surface area contributed by atoms with E-state index in [4.69, 9.17) is 4.74 Å². The molecule has 1 aliphatic heterocycles. The average molecular weight is 474 g/mol. The van der Waals surface area contributed by atoms with Gasteiger partial charge in [-0.3, -0.25) is 9.59 Å². The van der Waals surface area contributed by atoms with Crippen LogP contribution in [0.5, 0.6) is 5.75 Å². The quantitative estimate of drug-likeness (QED) is 0.593. The van der Waals surface area contributed by atoms with Crippen molar-refractivity contribution >= 4 is 28.5 Å². The number of piperidine rings is 1. The minimum Gasteiger partial charge on any atom is -0.495 e. The number of carbonyl (C=O) groups excluding carboxylic acids is 2. The summed E-state index contributed by atoms with van der Waals surface area (Å²) in [4.78, 5) is 32.0. The predicted molar refractivity (Wildman–Crippen MR) is 135 cm³/mol. The van der Waals surface area contributed by atoms with Gasteiger partial charge in [-0.05, 0) is 55.0 Å². The van der Waals surface area contributed by atoms with Crippen molar-refractivity contribution < 1.29 is 14.3 Å². The highest BCUT2D eigenvalue weighted by molar-refractivity contribution is 6.06. The fraction of sp³-hybridized carbons (Fsp3) is 0.407. The Morgan fingerprint density at radius 3 is 2.60 bits per heavy atom. The molecule has 1 N–H and O–H groups in total. The Labute approximate surface area is 205 Å². The number of nitriles is 1. The van der Waals surface area contributed by atoms with Crippen LogP contribution in [0.15, 0.2) is 30.6 Å². The van der Waals surface area contributed by atoms with Gasteiger partial charge in [0, 0.05) is 43.2 Å². The van der Waals surface area contributed by atoms with Crippen molar-refractivity contribution in [2.45, 2.75) is 39.5 Å². The van der Waals surface area contributed by atoms with Gasteiger partial charge in [0.1, 0.15) is 17.5 Å². The molecule has 0 saturated carbocycles. The molecule has 1 fully saturated rings. The summed E-state index contributed by atoms with van der Waals surface area (Å²) in [5.74, 6) is 0.657. The van der Waals surface area contributed by atoms with E-state index in [0.29, 0.717) is 28.5 Å². The minimum atomic E-state index is -0.314. The van der Waals surface area contributed by atoms with Crippen molar-refractivity contribution in [2.24, 2.45) is 13.0 Å². The Balaban J connectivity index is 1.61. The zero-order valence-corrected chi connectivity index (χ0v) is 20.9. The van der Waals surface area contributed by atoms with Crippen molar-refractivity contribution in [3.8, 4) is 11.8 Å². The average Bonchev–Trinajstić information content (AvgIpc) is 3.21. The lowest BCUT2D eigenvalue weighted by Gasteiger charge is -2.33. The topological polar surface area (TPSA) is 100 Å². The van der Waals surface area contributed by atoms with E-state index in [1.807, 2.05) is 37.3 Å². The molecule has 8 heteroatoms. The Bertz CT molecular complexity index is 1330. The lowest BCUT2D eigenvalue weighted by Crippen LogP contribution is -2.40. The molecule has 1 aliphatic rings. The molecule has 35 heavy (non-hydrogen) atoms. The molecule has 182 valence electrons. The number of aromatic nitrogens is 2. The van der Waals surface area contributed by atoms with Gasteiger partial charge >= 0.3 is 0 Å². The number of hydrogen-bond acceptors (Lipinski definition) is 5. The molecule has 0 spiro atoms. The highest BCUT2D eigenvalue weighted by Crippen LogP contribution is 2.37. The second kappa shape index (κ2) is 9.79. The predicted octanol–water partition coefficient (Wildman–Crippen LogP) is 4.38. The van der Waals surface area contributed by atoms with Crippen LogP contribution < -0.4 is 10.1 Å². The summed E-state index contributed by atoms with van der Waals surface area (Å²) >= 11 is 0. The first kappa shape index (κ1) is 24.3. The highest BCUT2D eigenvalue weighted by Gasteiger charge is 2.28. The molecule has 0 aliphatic carbocycles. The van der Waals surface area contributed by atoms with Gasteiger partial charge in [0.25, 0.3) is 5.91 Å². The van der Waals surface area contributed by atoms with Crippen LogP contribution in [0, 0.1) is 24.2 Å². The fourth-order valence-electron chi connectivity index (χ4n) is 4.88. The van der Waals surface area contributed by atoms with Gasteiger partial charge in [-0.1, -0.05) is 13.8 Å². The molecule has 3 heterocycles. The number of nitrogens with one attached hydrogen (secondary N) is 1. The monoisotopic (exact) mass is 473 g/mol. The molecule has 2 aromatic heterocycles. The molecule has 0 atom stereocenters. The zero-order valence-electron chi connectivity index (χ0n) is 20.9. The number of amides is 2. The molecular weight excluding hydrogens is 442 g/mol. The Kier molecular flexibility index (Phi) is 6.79. The van der Waals surface area contributed by atoms with Gasteiger partial charge < -0.3 is 19.5 Å². The molecule has 4 rings (SSSR count). The van der Waals surface area contributed by atoms with Gasteiger partial charge in [0.05, 0.1) is 24.6 Å². The summed E-state index contributed by atoms with van der Waals surface area (Å²) in [6.45, 7) is 7.38. The number of anilines is 1. The maximum atomic E-state index is 13.0. The third-order valence-electron chi connectivity index (χ3n) is 6.84. The number of rotatable bonds is 5. The number of benzene rings is 1. The SMILES string of the molecule is COc1ccc(C(=O)Nc2cnc3c(c(C4CCN(C(=O)C(C)C)CC4)cn3C)c2C)cc1C#N. The Morgan fingerprint density at radius 1 is 1.26 bits per heavy atom. The summed E-state index contributed by atoms with van der Waals surface area (Å²) < 4.78 is 7.20. The van der Waals surface area contributed by atoms with Crippen LogP contribution in [0.2, 0.25) is 0 Å². The van der Waals surface area contributed by atoms with Crippen molar-refractivity contribution in [3.63, 3.8) is 0 Å². The standard InChI is InChI=1S/C27H31N5O3/c1-16(2)27(34)32-10-8-18(9-11-32)21-15-31(4)25-24(21)17(3)22(14-29-25)30-26(33)19-6-7-23(35-5)20(12-19)13-28/h6-7,12,14-16,18H,8-11H2,1-5H3,(H,30,33). The van der Waals surface area contributed by atoms with Crippen molar-refractivity contribution in [1.29, 1.82) is 5.26 Å². The first-order valence-electron chi connectivity index (χ1n) is 11.9. The van der Waals surface area contributed by atoms with Gasteiger partial charge in [0.2, 0.25) is 5.91 Å². The molecule has 0 unspecified atom stereocenters. The number of pyridine rings is 1. The van der Waals surface area contributed by atoms with E-state index < -0.39 is 0 Å². The molecule has 0 radical (unpaired) electrons. The van der Waals surface area contributed by atoms with Gasteiger partial charge in [-0.25, -0.2) is 4.98 Å². The van der Waals surface area contributed by atoms with Crippen LogP contribution in [-0.2, 0) is 11.8 Å². The Hall–Kier alpha value is -3.86. The first-order chi connectivity index (χ1) is 16.7. The van der Waals surface area contributed by atoms with E-state index in [1.165, 1.54) is 18.7 Å². The molecule has 2 amide bonds. The van der Waals surface area contributed by atoms with Crippen LogP contribution >= 0.6 is 0 Å². The molecular formula is C27H31N5O3. The zero-order chi connectivity index (χ0) is 25.3. The Morgan fingerprint density at radius 2 is 1.97 bits per heavy atom. The van der Waals surface area contributed by atoms with E-state index >= 15 is 0 Å². The number of likely N-dealkylation sites (tertiary alicyclic amines) is 1. The largest absolute Gasteiger partial charge is 0.495 e. The van der Waals surface area contributed by atoms with Gasteiger partial charge in [-0.15, -0.1) is 0 Å². The van der Waals surface area contributed by atoms with Crippen LogP contribution in [-0.4, -0.2) is 46.5 Å². The van der Waals surface area contributed by atoms with Gasteiger partial charge in [0.15, 0.2) is 0 Å². The maximum Gasteiger partial charge on any atom is 0.255 e. The van der Waals surface area contributed by atoms with E-state index in [9.17, 15) is 14.9 Å². The van der Waals surface area contributed by atoms with E-state index in [0.717, 1.165) is 42.5 Å². The number of aryl methyl sites for hydroxylation is 2. The summed E-state index contributed by atoms with van der Waals surface area (Å²) in [5.41, 5.74) is 4.34. The summed E-state index contributed by atoms with van der Waals surface area (Å²) in [5, 5.41) is 13.4. The number of hydrogen-bond donors (Lipinski definition) is 1. The number of ether oxygens (including phenoxy) is 1. The van der Waals surface area contributed by atoms with Crippen LogP contribution in [0.25, 0.3) is 11.0 Å². The van der Waals surface area contributed by atoms with Crippen molar-refractivity contribution in [3.05, 3.63) is 52.8 Å². The van der Waals surface area contributed by atoms with Crippen LogP contribution in [0.3, 0.4) is 0 Å². The van der Waals surface area contributed by atoms with Crippen LogP contribution in [0.4, 0.5) is 5.69 Å². The lowest BCUT2D eigenvalue weighted by atomic mass is 9.88. The second-order valence-corrected chi connectivity index (χ2v) is 9.43.